The van der Waals surface area contributed by atoms with Crippen molar-refractivity contribution in [1.82, 2.24) is 5.32 Å². The SMILES string of the molecule is CCC1(CC)CNCC(CC(=O)O)OC1. The number of rotatable bonds is 4. The third-order valence-electron chi connectivity index (χ3n) is 3.40. The molecule has 1 fully saturated rings. The summed E-state index contributed by atoms with van der Waals surface area (Å²) in [5.41, 5.74) is 0.188. The number of nitrogens with one attached hydrogen (secondary N) is 1. The maximum absolute atomic E-state index is 10.6. The molecule has 1 unspecified atom stereocenters. The van der Waals surface area contributed by atoms with Crippen LogP contribution in [-0.2, 0) is 9.53 Å². The van der Waals surface area contributed by atoms with Gasteiger partial charge in [-0.05, 0) is 12.8 Å². The molecule has 0 radical (unpaired) electrons. The third-order valence-corrected chi connectivity index (χ3v) is 3.40. The van der Waals surface area contributed by atoms with E-state index < -0.39 is 5.97 Å². The van der Waals surface area contributed by atoms with Gasteiger partial charge in [-0.2, -0.15) is 0 Å². The van der Waals surface area contributed by atoms with Crippen LogP contribution in [0.2, 0.25) is 0 Å². The van der Waals surface area contributed by atoms with Crippen LogP contribution in [0, 0.1) is 5.41 Å². The van der Waals surface area contributed by atoms with Crippen molar-refractivity contribution in [3.05, 3.63) is 0 Å². The van der Waals surface area contributed by atoms with Gasteiger partial charge in [0.05, 0.1) is 19.1 Å². The molecule has 0 aliphatic carbocycles. The first-order valence-electron chi connectivity index (χ1n) is 5.66. The van der Waals surface area contributed by atoms with E-state index >= 15 is 0 Å². The van der Waals surface area contributed by atoms with Gasteiger partial charge < -0.3 is 15.2 Å². The maximum atomic E-state index is 10.6. The van der Waals surface area contributed by atoms with Crippen molar-refractivity contribution in [3.8, 4) is 0 Å². The monoisotopic (exact) mass is 215 g/mol. The summed E-state index contributed by atoms with van der Waals surface area (Å²) in [4.78, 5) is 10.6. The average Bonchev–Trinajstić information content (AvgIpc) is 2.41. The van der Waals surface area contributed by atoms with E-state index in [1.165, 1.54) is 0 Å². The van der Waals surface area contributed by atoms with Gasteiger partial charge in [-0.25, -0.2) is 0 Å². The van der Waals surface area contributed by atoms with Crippen molar-refractivity contribution in [1.29, 1.82) is 0 Å². The summed E-state index contributed by atoms with van der Waals surface area (Å²) in [5, 5.41) is 12.0. The molecular weight excluding hydrogens is 194 g/mol. The minimum absolute atomic E-state index is 0.0938. The Balaban J connectivity index is 2.51. The average molecular weight is 215 g/mol. The Bertz CT molecular complexity index is 214. The molecule has 1 saturated heterocycles. The van der Waals surface area contributed by atoms with Gasteiger partial charge in [0, 0.05) is 18.5 Å². The minimum Gasteiger partial charge on any atom is -0.481 e. The van der Waals surface area contributed by atoms with E-state index in [9.17, 15) is 4.79 Å². The quantitative estimate of drug-likeness (QED) is 0.741. The highest BCUT2D eigenvalue weighted by atomic mass is 16.5. The first kappa shape index (κ1) is 12.5. The van der Waals surface area contributed by atoms with E-state index in [1.807, 2.05) is 0 Å². The second kappa shape index (κ2) is 5.47. The highest BCUT2D eigenvalue weighted by molar-refractivity contribution is 5.67. The normalized spacial score (nSPS) is 25.9. The first-order valence-corrected chi connectivity index (χ1v) is 5.66. The summed E-state index contributed by atoms with van der Waals surface area (Å²) in [5.74, 6) is -0.790. The molecule has 1 aliphatic heterocycles. The van der Waals surface area contributed by atoms with Crippen molar-refractivity contribution in [2.45, 2.75) is 39.2 Å². The molecule has 4 heteroatoms. The summed E-state index contributed by atoms with van der Waals surface area (Å²) in [6.07, 6.45) is 2.05. The molecule has 15 heavy (non-hydrogen) atoms. The Hall–Kier alpha value is -0.610. The van der Waals surface area contributed by atoms with Gasteiger partial charge in [-0.1, -0.05) is 13.8 Å². The van der Waals surface area contributed by atoms with E-state index in [1.54, 1.807) is 0 Å². The lowest BCUT2D eigenvalue weighted by molar-refractivity contribution is -0.140. The summed E-state index contributed by atoms with van der Waals surface area (Å²) in [7, 11) is 0. The fraction of sp³-hybridized carbons (Fsp3) is 0.909. The lowest BCUT2D eigenvalue weighted by Gasteiger charge is -2.29. The molecule has 0 spiro atoms. The summed E-state index contributed by atoms with van der Waals surface area (Å²) >= 11 is 0. The molecule has 0 amide bonds. The topological polar surface area (TPSA) is 58.6 Å². The van der Waals surface area contributed by atoms with E-state index in [0.29, 0.717) is 13.2 Å². The molecule has 1 heterocycles. The molecule has 0 aromatic heterocycles. The minimum atomic E-state index is -0.790. The lowest BCUT2D eigenvalue weighted by atomic mass is 9.83. The van der Waals surface area contributed by atoms with Crippen LogP contribution >= 0.6 is 0 Å². The second-order valence-electron chi connectivity index (χ2n) is 4.37. The van der Waals surface area contributed by atoms with Crippen molar-refractivity contribution in [2.75, 3.05) is 19.7 Å². The number of hydrogen-bond acceptors (Lipinski definition) is 3. The van der Waals surface area contributed by atoms with Crippen LogP contribution in [0.5, 0.6) is 0 Å². The van der Waals surface area contributed by atoms with E-state index in [-0.39, 0.29) is 17.9 Å². The second-order valence-corrected chi connectivity index (χ2v) is 4.37. The van der Waals surface area contributed by atoms with Crippen LogP contribution in [0.15, 0.2) is 0 Å². The number of aliphatic carboxylic acids is 1. The Morgan fingerprint density at radius 2 is 2.20 bits per heavy atom. The molecule has 1 atom stereocenters. The van der Waals surface area contributed by atoms with E-state index in [0.717, 1.165) is 19.4 Å². The van der Waals surface area contributed by atoms with Crippen LogP contribution in [0.3, 0.4) is 0 Å². The Morgan fingerprint density at radius 1 is 1.53 bits per heavy atom. The fourth-order valence-electron chi connectivity index (χ4n) is 1.93. The van der Waals surface area contributed by atoms with Crippen LogP contribution in [0.25, 0.3) is 0 Å². The van der Waals surface area contributed by atoms with Gasteiger partial charge in [-0.15, -0.1) is 0 Å². The molecule has 88 valence electrons. The largest absolute Gasteiger partial charge is 0.481 e. The third kappa shape index (κ3) is 3.47. The van der Waals surface area contributed by atoms with Crippen LogP contribution in [-0.4, -0.2) is 36.9 Å². The maximum Gasteiger partial charge on any atom is 0.306 e. The van der Waals surface area contributed by atoms with Gasteiger partial charge in [-0.3, -0.25) is 4.79 Å². The van der Waals surface area contributed by atoms with Crippen molar-refractivity contribution < 1.29 is 14.6 Å². The predicted molar refractivity (Wildman–Crippen MR) is 57.9 cm³/mol. The molecule has 0 aromatic carbocycles. The Labute approximate surface area is 91.0 Å². The van der Waals surface area contributed by atoms with Crippen molar-refractivity contribution in [2.24, 2.45) is 5.41 Å². The van der Waals surface area contributed by atoms with E-state index in [2.05, 4.69) is 19.2 Å². The number of hydrogen-bond donors (Lipinski definition) is 2. The fourth-order valence-corrected chi connectivity index (χ4v) is 1.93. The van der Waals surface area contributed by atoms with Gasteiger partial charge in [0.15, 0.2) is 0 Å². The summed E-state index contributed by atoms with van der Waals surface area (Å²) in [6, 6.07) is 0. The molecule has 1 rings (SSSR count). The molecule has 4 nitrogen and oxygen atoms in total. The Kier molecular flexibility index (Phi) is 4.54. The van der Waals surface area contributed by atoms with Crippen LogP contribution < -0.4 is 5.32 Å². The first-order chi connectivity index (χ1) is 7.12. The number of ether oxygens (including phenoxy) is 1. The molecule has 2 N–H and O–H groups in total. The van der Waals surface area contributed by atoms with Gasteiger partial charge in [0.1, 0.15) is 0 Å². The zero-order chi connectivity index (χ0) is 11.3. The summed E-state index contributed by atoms with van der Waals surface area (Å²) in [6.45, 7) is 6.56. The van der Waals surface area contributed by atoms with Crippen molar-refractivity contribution in [3.63, 3.8) is 0 Å². The number of carbonyl (C=O) groups is 1. The van der Waals surface area contributed by atoms with Gasteiger partial charge in [0.25, 0.3) is 0 Å². The van der Waals surface area contributed by atoms with Gasteiger partial charge >= 0.3 is 5.97 Å². The molecule has 0 aromatic rings. The zero-order valence-electron chi connectivity index (χ0n) is 9.58. The smallest absolute Gasteiger partial charge is 0.306 e. The molecule has 0 saturated carbocycles. The number of carboxylic acids is 1. The highest BCUT2D eigenvalue weighted by Gasteiger charge is 2.31. The summed E-state index contributed by atoms with van der Waals surface area (Å²) < 4.78 is 5.67. The Morgan fingerprint density at radius 3 is 2.73 bits per heavy atom. The number of carboxylic acid groups (broad SMARTS) is 1. The molecular formula is C11H21NO3. The molecule has 1 aliphatic rings. The van der Waals surface area contributed by atoms with Crippen molar-refractivity contribution >= 4 is 5.97 Å². The zero-order valence-corrected chi connectivity index (χ0v) is 9.58. The predicted octanol–water partition coefficient (Wildman–Crippen LogP) is 1.26. The van der Waals surface area contributed by atoms with E-state index in [4.69, 9.17) is 9.84 Å². The van der Waals surface area contributed by atoms with Crippen LogP contribution in [0.4, 0.5) is 0 Å². The standard InChI is InChI=1S/C11H21NO3/c1-3-11(4-2)7-12-6-9(15-8-11)5-10(13)14/h9,12H,3-8H2,1-2H3,(H,13,14). The highest BCUT2D eigenvalue weighted by Crippen LogP contribution is 2.28. The van der Waals surface area contributed by atoms with Gasteiger partial charge in [0.2, 0.25) is 0 Å². The van der Waals surface area contributed by atoms with Crippen LogP contribution in [0.1, 0.15) is 33.1 Å². The molecule has 0 bridgehead atoms. The lowest BCUT2D eigenvalue weighted by Crippen LogP contribution is -2.34.